The maximum absolute atomic E-state index is 12.8. The standard InChI is InChI=1S/C21H21ClN2O2/c1-12-3-6-18-15(9-12)16-10-13(4-7-19(16)24-18)21(25)23-14-5-8-20(26-2)17(22)11-14/h3,5-6,8-9,11,13,24H,4,7,10H2,1-2H3,(H,23,25). The van der Waals surface area contributed by atoms with Gasteiger partial charge in [-0.25, -0.2) is 0 Å². The van der Waals surface area contributed by atoms with Gasteiger partial charge in [-0.2, -0.15) is 0 Å². The van der Waals surface area contributed by atoms with E-state index in [1.807, 2.05) is 6.07 Å². The van der Waals surface area contributed by atoms with Crippen molar-refractivity contribution in [1.82, 2.24) is 4.98 Å². The van der Waals surface area contributed by atoms with Crippen molar-refractivity contribution in [3.8, 4) is 5.75 Å². The van der Waals surface area contributed by atoms with Gasteiger partial charge in [-0.15, -0.1) is 0 Å². The van der Waals surface area contributed by atoms with Gasteiger partial charge in [-0.1, -0.05) is 23.2 Å². The summed E-state index contributed by atoms with van der Waals surface area (Å²) in [6, 6.07) is 11.7. The smallest absolute Gasteiger partial charge is 0.227 e. The largest absolute Gasteiger partial charge is 0.495 e. The summed E-state index contributed by atoms with van der Waals surface area (Å²) in [5, 5.41) is 4.73. The number of aryl methyl sites for hydroxylation is 2. The molecule has 1 aliphatic carbocycles. The molecule has 4 nitrogen and oxygen atoms in total. The number of aromatic nitrogens is 1. The van der Waals surface area contributed by atoms with Gasteiger partial charge in [0.2, 0.25) is 5.91 Å². The molecule has 0 spiro atoms. The Morgan fingerprint density at radius 1 is 1.27 bits per heavy atom. The number of H-pyrrole nitrogens is 1. The molecule has 2 N–H and O–H groups in total. The van der Waals surface area contributed by atoms with E-state index in [0.29, 0.717) is 16.5 Å². The number of hydrogen-bond acceptors (Lipinski definition) is 2. The first kappa shape index (κ1) is 17.0. The average molecular weight is 369 g/mol. The highest BCUT2D eigenvalue weighted by molar-refractivity contribution is 6.32. The zero-order valence-electron chi connectivity index (χ0n) is 14.9. The van der Waals surface area contributed by atoms with Gasteiger partial charge in [0.05, 0.1) is 12.1 Å². The van der Waals surface area contributed by atoms with Crippen molar-refractivity contribution in [1.29, 1.82) is 0 Å². The fourth-order valence-corrected chi connectivity index (χ4v) is 4.00. The van der Waals surface area contributed by atoms with E-state index in [4.69, 9.17) is 16.3 Å². The summed E-state index contributed by atoms with van der Waals surface area (Å²) < 4.78 is 5.15. The molecule has 5 heteroatoms. The molecule has 0 radical (unpaired) electrons. The number of amides is 1. The number of methoxy groups -OCH3 is 1. The molecule has 0 aliphatic heterocycles. The Kier molecular flexibility index (Phi) is 4.37. The topological polar surface area (TPSA) is 54.1 Å². The number of rotatable bonds is 3. The van der Waals surface area contributed by atoms with Crippen molar-refractivity contribution in [3.05, 3.63) is 58.2 Å². The number of carbonyl (C=O) groups excluding carboxylic acids is 1. The van der Waals surface area contributed by atoms with E-state index in [1.54, 1.807) is 19.2 Å². The van der Waals surface area contributed by atoms with Crippen molar-refractivity contribution >= 4 is 34.1 Å². The van der Waals surface area contributed by atoms with Crippen LogP contribution in [0.25, 0.3) is 10.9 Å². The highest BCUT2D eigenvalue weighted by Gasteiger charge is 2.27. The molecule has 1 aromatic heterocycles. The molecular formula is C21H21ClN2O2. The molecule has 1 aliphatic rings. The summed E-state index contributed by atoms with van der Waals surface area (Å²) >= 11 is 6.15. The third-order valence-corrected chi connectivity index (χ3v) is 5.43. The lowest BCUT2D eigenvalue weighted by atomic mass is 9.85. The molecule has 134 valence electrons. The van der Waals surface area contributed by atoms with Crippen molar-refractivity contribution in [3.63, 3.8) is 0 Å². The first-order valence-corrected chi connectivity index (χ1v) is 9.17. The van der Waals surface area contributed by atoms with Crippen LogP contribution in [0.4, 0.5) is 5.69 Å². The van der Waals surface area contributed by atoms with E-state index in [-0.39, 0.29) is 11.8 Å². The van der Waals surface area contributed by atoms with Crippen LogP contribution >= 0.6 is 11.6 Å². The van der Waals surface area contributed by atoms with Crippen LogP contribution in [0, 0.1) is 12.8 Å². The Labute approximate surface area is 157 Å². The van der Waals surface area contributed by atoms with E-state index < -0.39 is 0 Å². The number of hydrogen-bond donors (Lipinski definition) is 2. The SMILES string of the molecule is COc1ccc(NC(=O)C2CCc3[nH]c4ccc(C)cc4c3C2)cc1Cl. The Morgan fingerprint density at radius 2 is 2.12 bits per heavy atom. The minimum absolute atomic E-state index is 0.0390. The molecule has 1 heterocycles. The molecule has 26 heavy (non-hydrogen) atoms. The van der Waals surface area contributed by atoms with Crippen LogP contribution in [-0.4, -0.2) is 18.0 Å². The summed E-state index contributed by atoms with van der Waals surface area (Å²) in [5.41, 5.74) is 5.63. The Hall–Kier alpha value is -2.46. The van der Waals surface area contributed by atoms with Crippen molar-refractivity contribution in [2.45, 2.75) is 26.2 Å². The van der Waals surface area contributed by atoms with Gasteiger partial charge in [-0.05, 0) is 62.1 Å². The zero-order valence-corrected chi connectivity index (χ0v) is 15.6. The van der Waals surface area contributed by atoms with Gasteiger partial charge in [-0.3, -0.25) is 4.79 Å². The number of halogens is 1. The maximum Gasteiger partial charge on any atom is 0.227 e. The Bertz CT molecular complexity index is 993. The van der Waals surface area contributed by atoms with E-state index in [2.05, 4.69) is 35.4 Å². The van der Waals surface area contributed by atoms with E-state index in [9.17, 15) is 4.79 Å². The summed E-state index contributed by atoms with van der Waals surface area (Å²) in [6.07, 6.45) is 2.49. The molecule has 3 aromatic rings. The number of ether oxygens (including phenoxy) is 1. The summed E-state index contributed by atoms with van der Waals surface area (Å²) in [7, 11) is 1.57. The number of fused-ring (bicyclic) bond motifs is 3. The van der Waals surface area contributed by atoms with Crippen LogP contribution in [0.5, 0.6) is 5.75 Å². The van der Waals surface area contributed by atoms with Crippen LogP contribution in [0.2, 0.25) is 5.02 Å². The molecular weight excluding hydrogens is 348 g/mol. The summed E-state index contributed by atoms with van der Waals surface area (Å²) in [4.78, 5) is 16.3. The second-order valence-corrected chi connectivity index (χ2v) is 7.32. The van der Waals surface area contributed by atoms with Crippen LogP contribution < -0.4 is 10.1 Å². The molecule has 4 rings (SSSR count). The number of carbonyl (C=O) groups is 1. The quantitative estimate of drug-likeness (QED) is 0.692. The van der Waals surface area contributed by atoms with E-state index >= 15 is 0 Å². The third-order valence-electron chi connectivity index (χ3n) is 5.13. The van der Waals surface area contributed by atoms with Crippen LogP contribution in [0.15, 0.2) is 36.4 Å². The molecule has 0 bridgehead atoms. The highest BCUT2D eigenvalue weighted by Crippen LogP contribution is 2.33. The average Bonchev–Trinajstić information content (AvgIpc) is 2.99. The molecule has 1 atom stereocenters. The first-order valence-electron chi connectivity index (χ1n) is 8.79. The second-order valence-electron chi connectivity index (χ2n) is 6.91. The maximum atomic E-state index is 12.8. The van der Waals surface area contributed by atoms with Crippen LogP contribution in [0.1, 0.15) is 23.2 Å². The Morgan fingerprint density at radius 3 is 2.88 bits per heavy atom. The van der Waals surface area contributed by atoms with Gasteiger partial charge in [0, 0.05) is 28.2 Å². The molecule has 1 unspecified atom stereocenters. The highest BCUT2D eigenvalue weighted by atomic mass is 35.5. The van der Waals surface area contributed by atoms with E-state index in [0.717, 1.165) is 24.8 Å². The number of anilines is 1. The van der Waals surface area contributed by atoms with Gasteiger partial charge >= 0.3 is 0 Å². The lowest BCUT2D eigenvalue weighted by molar-refractivity contribution is -0.120. The number of aromatic amines is 1. The van der Waals surface area contributed by atoms with Crippen molar-refractivity contribution in [2.24, 2.45) is 5.92 Å². The predicted octanol–water partition coefficient (Wildman–Crippen LogP) is 4.88. The van der Waals surface area contributed by atoms with Crippen LogP contribution in [0.3, 0.4) is 0 Å². The van der Waals surface area contributed by atoms with E-state index in [1.165, 1.54) is 22.2 Å². The minimum Gasteiger partial charge on any atom is -0.495 e. The van der Waals surface area contributed by atoms with Gasteiger partial charge in [0.15, 0.2) is 0 Å². The van der Waals surface area contributed by atoms with Gasteiger partial charge in [0.25, 0.3) is 0 Å². The molecule has 0 saturated heterocycles. The van der Waals surface area contributed by atoms with Crippen molar-refractivity contribution < 1.29 is 9.53 Å². The fraction of sp³-hybridized carbons (Fsp3) is 0.286. The summed E-state index contributed by atoms with van der Waals surface area (Å²) in [6.45, 7) is 2.10. The lowest BCUT2D eigenvalue weighted by Gasteiger charge is -2.22. The first-order chi connectivity index (χ1) is 12.5. The number of nitrogens with one attached hydrogen (secondary N) is 2. The Balaban J connectivity index is 1.54. The van der Waals surface area contributed by atoms with Gasteiger partial charge < -0.3 is 15.0 Å². The second kappa shape index (κ2) is 6.69. The molecule has 2 aromatic carbocycles. The third kappa shape index (κ3) is 3.06. The van der Waals surface area contributed by atoms with Gasteiger partial charge in [0.1, 0.15) is 5.75 Å². The fourth-order valence-electron chi connectivity index (χ4n) is 3.74. The predicted molar refractivity (Wildman–Crippen MR) is 105 cm³/mol. The molecule has 0 fully saturated rings. The molecule has 0 saturated carbocycles. The lowest BCUT2D eigenvalue weighted by Crippen LogP contribution is -2.28. The summed E-state index contributed by atoms with van der Waals surface area (Å²) in [5.74, 6) is 0.600. The molecule has 1 amide bonds. The monoisotopic (exact) mass is 368 g/mol. The zero-order chi connectivity index (χ0) is 18.3. The van der Waals surface area contributed by atoms with Crippen molar-refractivity contribution in [2.75, 3.05) is 12.4 Å². The number of benzene rings is 2. The van der Waals surface area contributed by atoms with Crippen LogP contribution in [-0.2, 0) is 17.6 Å². The minimum atomic E-state index is -0.0390. The normalized spacial score (nSPS) is 16.3.